The first-order valence-electron chi connectivity index (χ1n) is 5.57. The fraction of sp³-hybridized carbons (Fsp3) is 0.500. The molecular formula is C12H18FN2+. The molecule has 0 radical (unpaired) electrons. The Kier molecular flexibility index (Phi) is 3.21. The molecule has 0 atom stereocenters. The Morgan fingerprint density at radius 2 is 2.07 bits per heavy atom. The summed E-state index contributed by atoms with van der Waals surface area (Å²) in [6, 6.07) is 7.22. The number of benzene rings is 1. The SMILES string of the molecule is C[NH+]1CCC(Nc2cccc(F)c2)CC1. The number of halogens is 1. The van der Waals surface area contributed by atoms with Crippen LogP contribution >= 0.6 is 0 Å². The number of quaternary nitrogens is 1. The Balaban J connectivity index is 1.92. The molecule has 15 heavy (non-hydrogen) atoms. The van der Waals surface area contributed by atoms with E-state index in [0.717, 1.165) is 5.69 Å². The van der Waals surface area contributed by atoms with Crippen molar-refractivity contribution in [2.45, 2.75) is 18.9 Å². The highest BCUT2D eigenvalue weighted by Gasteiger charge is 2.18. The Labute approximate surface area is 90.1 Å². The molecule has 1 heterocycles. The smallest absolute Gasteiger partial charge is 0.125 e. The van der Waals surface area contributed by atoms with Gasteiger partial charge in [0.25, 0.3) is 0 Å². The van der Waals surface area contributed by atoms with E-state index in [1.807, 2.05) is 6.07 Å². The lowest BCUT2D eigenvalue weighted by Crippen LogP contribution is -3.10. The average Bonchev–Trinajstić information content (AvgIpc) is 2.22. The van der Waals surface area contributed by atoms with Crippen molar-refractivity contribution >= 4 is 5.69 Å². The van der Waals surface area contributed by atoms with Crippen molar-refractivity contribution in [3.05, 3.63) is 30.1 Å². The molecule has 1 saturated heterocycles. The third-order valence-corrected chi connectivity index (χ3v) is 3.03. The standard InChI is InChI=1S/C12H17FN2/c1-15-7-5-11(6-8-15)14-12-4-2-3-10(13)9-12/h2-4,9,11,14H,5-8H2,1H3/p+1. The van der Waals surface area contributed by atoms with Gasteiger partial charge in [0, 0.05) is 24.6 Å². The minimum Gasteiger partial charge on any atom is -0.382 e. The lowest BCUT2D eigenvalue weighted by atomic mass is 10.1. The molecule has 0 bridgehead atoms. The van der Waals surface area contributed by atoms with E-state index in [0.29, 0.717) is 6.04 Å². The van der Waals surface area contributed by atoms with Crippen LogP contribution in [0.15, 0.2) is 24.3 Å². The number of hydrogen-bond acceptors (Lipinski definition) is 1. The van der Waals surface area contributed by atoms with Crippen molar-refractivity contribution in [1.82, 2.24) is 0 Å². The highest BCUT2D eigenvalue weighted by Crippen LogP contribution is 2.13. The molecule has 3 heteroatoms. The molecule has 1 fully saturated rings. The van der Waals surface area contributed by atoms with Crippen molar-refractivity contribution in [3.8, 4) is 0 Å². The molecule has 1 aromatic rings. The minimum absolute atomic E-state index is 0.168. The molecule has 2 N–H and O–H groups in total. The van der Waals surface area contributed by atoms with Crippen LogP contribution in [0.4, 0.5) is 10.1 Å². The van der Waals surface area contributed by atoms with Crippen molar-refractivity contribution in [1.29, 1.82) is 0 Å². The largest absolute Gasteiger partial charge is 0.382 e. The van der Waals surface area contributed by atoms with E-state index in [4.69, 9.17) is 0 Å². The highest BCUT2D eigenvalue weighted by atomic mass is 19.1. The fourth-order valence-corrected chi connectivity index (χ4v) is 2.07. The van der Waals surface area contributed by atoms with Gasteiger partial charge in [0.05, 0.1) is 20.1 Å². The molecule has 0 aromatic heterocycles. The van der Waals surface area contributed by atoms with Gasteiger partial charge in [0.2, 0.25) is 0 Å². The summed E-state index contributed by atoms with van der Waals surface area (Å²) in [4.78, 5) is 1.59. The summed E-state index contributed by atoms with van der Waals surface area (Å²) in [5.74, 6) is -0.168. The summed E-state index contributed by atoms with van der Waals surface area (Å²) >= 11 is 0. The van der Waals surface area contributed by atoms with Crippen molar-refractivity contribution in [3.63, 3.8) is 0 Å². The van der Waals surface area contributed by atoms with Crippen LogP contribution in [0.25, 0.3) is 0 Å². The van der Waals surface area contributed by atoms with Crippen LogP contribution < -0.4 is 10.2 Å². The van der Waals surface area contributed by atoms with E-state index in [9.17, 15) is 4.39 Å². The molecule has 1 aliphatic heterocycles. The summed E-state index contributed by atoms with van der Waals surface area (Å²) in [6.45, 7) is 2.40. The van der Waals surface area contributed by atoms with Gasteiger partial charge in [-0.2, -0.15) is 0 Å². The first kappa shape index (κ1) is 10.4. The first-order chi connectivity index (χ1) is 7.24. The normalized spacial score (nSPS) is 26.3. The molecule has 0 saturated carbocycles. The number of piperidine rings is 1. The molecule has 1 aromatic carbocycles. The predicted molar refractivity (Wildman–Crippen MR) is 59.7 cm³/mol. The molecule has 0 amide bonds. The van der Waals surface area contributed by atoms with E-state index < -0.39 is 0 Å². The molecule has 2 nitrogen and oxygen atoms in total. The molecule has 2 rings (SSSR count). The second-order valence-corrected chi connectivity index (χ2v) is 4.39. The van der Waals surface area contributed by atoms with Gasteiger partial charge in [-0.05, 0) is 18.2 Å². The Hall–Kier alpha value is -1.09. The maximum absolute atomic E-state index is 12.9. The van der Waals surface area contributed by atoms with E-state index in [-0.39, 0.29) is 5.82 Å². The second-order valence-electron chi connectivity index (χ2n) is 4.39. The molecule has 82 valence electrons. The van der Waals surface area contributed by atoms with Crippen molar-refractivity contribution in [2.24, 2.45) is 0 Å². The third kappa shape index (κ3) is 2.93. The zero-order valence-corrected chi connectivity index (χ0v) is 9.09. The maximum atomic E-state index is 12.9. The van der Waals surface area contributed by atoms with Crippen LogP contribution in [-0.2, 0) is 0 Å². The molecule has 0 spiro atoms. The van der Waals surface area contributed by atoms with E-state index >= 15 is 0 Å². The lowest BCUT2D eigenvalue weighted by molar-refractivity contribution is -0.884. The van der Waals surface area contributed by atoms with Crippen LogP contribution in [0.2, 0.25) is 0 Å². The van der Waals surface area contributed by atoms with Gasteiger partial charge in [0.1, 0.15) is 5.82 Å². The Morgan fingerprint density at radius 1 is 1.33 bits per heavy atom. The summed E-state index contributed by atoms with van der Waals surface area (Å²) in [7, 11) is 2.22. The van der Waals surface area contributed by atoms with E-state index in [2.05, 4.69) is 12.4 Å². The predicted octanol–water partition coefficient (Wildman–Crippen LogP) is 0.915. The van der Waals surface area contributed by atoms with Gasteiger partial charge in [-0.25, -0.2) is 4.39 Å². The van der Waals surface area contributed by atoms with Crippen LogP contribution in [0.3, 0.4) is 0 Å². The van der Waals surface area contributed by atoms with E-state index in [1.54, 1.807) is 17.0 Å². The molecule has 1 aliphatic rings. The van der Waals surface area contributed by atoms with Crippen LogP contribution in [-0.4, -0.2) is 26.2 Å². The average molecular weight is 209 g/mol. The zero-order valence-electron chi connectivity index (χ0n) is 9.09. The Bertz CT molecular complexity index is 319. The fourth-order valence-electron chi connectivity index (χ4n) is 2.07. The summed E-state index contributed by atoms with van der Waals surface area (Å²) < 4.78 is 12.9. The monoisotopic (exact) mass is 209 g/mol. The topological polar surface area (TPSA) is 16.5 Å². The van der Waals surface area contributed by atoms with Crippen molar-refractivity contribution < 1.29 is 9.29 Å². The van der Waals surface area contributed by atoms with Crippen molar-refractivity contribution in [2.75, 3.05) is 25.5 Å². The molecule has 0 aliphatic carbocycles. The highest BCUT2D eigenvalue weighted by molar-refractivity contribution is 5.43. The third-order valence-electron chi connectivity index (χ3n) is 3.03. The van der Waals surface area contributed by atoms with Gasteiger partial charge in [-0.3, -0.25) is 0 Å². The van der Waals surface area contributed by atoms with Crippen LogP contribution in [0.1, 0.15) is 12.8 Å². The van der Waals surface area contributed by atoms with Crippen LogP contribution in [0.5, 0.6) is 0 Å². The van der Waals surface area contributed by atoms with Gasteiger partial charge >= 0.3 is 0 Å². The van der Waals surface area contributed by atoms with Gasteiger partial charge in [-0.15, -0.1) is 0 Å². The lowest BCUT2D eigenvalue weighted by Gasteiger charge is -2.27. The Morgan fingerprint density at radius 3 is 2.73 bits per heavy atom. The summed E-state index contributed by atoms with van der Waals surface area (Å²) in [5, 5.41) is 3.39. The van der Waals surface area contributed by atoms with Gasteiger partial charge in [0.15, 0.2) is 0 Å². The quantitative estimate of drug-likeness (QED) is 0.740. The first-order valence-corrected chi connectivity index (χ1v) is 5.57. The number of nitrogens with one attached hydrogen (secondary N) is 2. The van der Waals surface area contributed by atoms with Gasteiger partial charge < -0.3 is 10.2 Å². The van der Waals surface area contributed by atoms with Gasteiger partial charge in [-0.1, -0.05) is 6.07 Å². The number of likely N-dealkylation sites (tertiary alicyclic amines) is 1. The minimum atomic E-state index is -0.168. The second kappa shape index (κ2) is 4.62. The molecule has 0 unspecified atom stereocenters. The number of rotatable bonds is 2. The number of hydrogen-bond donors (Lipinski definition) is 2. The summed E-state index contributed by atoms with van der Waals surface area (Å²) in [6.07, 6.45) is 2.34. The maximum Gasteiger partial charge on any atom is 0.125 e. The molecular weight excluding hydrogens is 191 g/mol. The summed E-state index contributed by atoms with van der Waals surface area (Å²) in [5.41, 5.74) is 0.902. The zero-order chi connectivity index (χ0) is 10.7. The van der Waals surface area contributed by atoms with Crippen LogP contribution in [0, 0.1) is 5.82 Å². The number of anilines is 1. The van der Waals surface area contributed by atoms with E-state index in [1.165, 1.54) is 32.0 Å².